The standard InChI is InChI=1S/C27H30N2O5/c1-18(31)4-5-19-6-8-20(9-7-19)26-22-15-28(12-2-3-13-29(22)23(26)16-30)27(32)21-10-11-24-25(14-21)34-17-33-24/h6-11,14,18,22-23,26,30-31H,2-3,12-13,15-17H2,1H3/t18-,22-,23+,26-/m0/s1. The first-order valence-electron chi connectivity index (χ1n) is 11.9. The number of benzene rings is 2. The van der Waals surface area contributed by atoms with Crippen molar-refractivity contribution in [1.29, 1.82) is 0 Å². The van der Waals surface area contributed by atoms with E-state index in [1.807, 2.05) is 17.0 Å². The van der Waals surface area contributed by atoms with Gasteiger partial charge in [0.2, 0.25) is 6.79 Å². The Hall–Kier alpha value is -3.05. The summed E-state index contributed by atoms with van der Waals surface area (Å²) in [7, 11) is 0. The van der Waals surface area contributed by atoms with Gasteiger partial charge in [0.05, 0.1) is 6.61 Å². The van der Waals surface area contributed by atoms with Crippen LogP contribution in [0.2, 0.25) is 0 Å². The lowest BCUT2D eigenvalue weighted by Crippen LogP contribution is -2.67. The smallest absolute Gasteiger partial charge is 0.254 e. The molecule has 2 saturated heterocycles. The molecule has 3 heterocycles. The third-order valence-corrected chi connectivity index (χ3v) is 7.00. The Labute approximate surface area is 199 Å². The summed E-state index contributed by atoms with van der Waals surface area (Å²) in [6, 6.07) is 13.6. The predicted octanol–water partition coefficient (Wildman–Crippen LogP) is 2.21. The molecular weight excluding hydrogens is 432 g/mol. The van der Waals surface area contributed by atoms with E-state index in [-0.39, 0.29) is 37.3 Å². The minimum atomic E-state index is -0.665. The quantitative estimate of drug-likeness (QED) is 0.681. The van der Waals surface area contributed by atoms with Crippen molar-refractivity contribution in [2.45, 2.75) is 43.9 Å². The Morgan fingerprint density at radius 1 is 1.12 bits per heavy atom. The van der Waals surface area contributed by atoms with Gasteiger partial charge in [-0.05, 0) is 62.2 Å². The van der Waals surface area contributed by atoms with Crippen LogP contribution in [0.4, 0.5) is 0 Å². The molecule has 0 aliphatic carbocycles. The Bertz CT molecular complexity index is 1100. The third-order valence-electron chi connectivity index (χ3n) is 7.00. The summed E-state index contributed by atoms with van der Waals surface area (Å²) < 4.78 is 10.8. The van der Waals surface area contributed by atoms with Crippen LogP contribution in [0.3, 0.4) is 0 Å². The van der Waals surface area contributed by atoms with E-state index in [2.05, 4.69) is 28.9 Å². The number of rotatable bonds is 3. The van der Waals surface area contributed by atoms with Gasteiger partial charge in [-0.2, -0.15) is 0 Å². The average Bonchev–Trinajstić information content (AvgIpc) is 3.30. The fourth-order valence-electron chi connectivity index (χ4n) is 5.31. The maximum atomic E-state index is 13.4. The first-order chi connectivity index (χ1) is 16.5. The highest BCUT2D eigenvalue weighted by molar-refractivity contribution is 5.95. The second-order valence-corrected chi connectivity index (χ2v) is 9.17. The highest BCUT2D eigenvalue weighted by atomic mass is 16.7. The fraction of sp³-hybridized carbons (Fsp3) is 0.444. The Morgan fingerprint density at radius 2 is 1.88 bits per heavy atom. The monoisotopic (exact) mass is 462 g/mol. The van der Waals surface area contributed by atoms with Crippen molar-refractivity contribution in [3.8, 4) is 23.3 Å². The van der Waals surface area contributed by atoms with Gasteiger partial charge in [-0.3, -0.25) is 9.69 Å². The topological polar surface area (TPSA) is 82.5 Å². The summed E-state index contributed by atoms with van der Waals surface area (Å²) in [5.41, 5.74) is 2.59. The summed E-state index contributed by atoms with van der Waals surface area (Å²) in [4.78, 5) is 17.7. The lowest BCUT2D eigenvalue weighted by atomic mass is 9.74. The van der Waals surface area contributed by atoms with Gasteiger partial charge < -0.3 is 24.6 Å². The largest absolute Gasteiger partial charge is 0.454 e. The molecular formula is C27H30N2O5. The molecule has 0 spiro atoms. The lowest BCUT2D eigenvalue weighted by molar-refractivity contribution is -0.0606. The summed E-state index contributed by atoms with van der Waals surface area (Å²) in [5, 5.41) is 19.6. The second-order valence-electron chi connectivity index (χ2n) is 9.17. The molecule has 1 amide bonds. The molecule has 3 aliphatic heterocycles. The van der Waals surface area contributed by atoms with Gasteiger partial charge in [-0.15, -0.1) is 0 Å². The van der Waals surface area contributed by atoms with Gasteiger partial charge in [-0.25, -0.2) is 0 Å². The minimum Gasteiger partial charge on any atom is -0.454 e. The number of carbonyl (C=O) groups is 1. The van der Waals surface area contributed by atoms with Gasteiger partial charge >= 0.3 is 0 Å². The molecule has 34 heavy (non-hydrogen) atoms. The molecule has 4 atom stereocenters. The molecule has 0 saturated carbocycles. The molecule has 2 fully saturated rings. The van der Waals surface area contributed by atoms with Crippen LogP contribution < -0.4 is 9.47 Å². The van der Waals surface area contributed by atoms with E-state index < -0.39 is 6.10 Å². The van der Waals surface area contributed by atoms with Crippen LogP contribution in [0, 0.1) is 11.8 Å². The van der Waals surface area contributed by atoms with E-state index in [1.165, 1.54) is 0 Å². The number of carbonyl (C=O) groups excluding carboxylic acids is 1. The number of aliphatic hydroxyl groups excluding tert-OH is 2. The molecule has 178 valence electrons. The number of hydrogen-bond acceptors (Lipinski definition) is 6. The number of nitrogens with zero attached hydrogens (tertiary/aromatic N) is 2. The van der Waals surface area contributed by atoms with Crippen LogP contribution in [-0.2, 0) is 0 Å². The summed E-state index contributed by atoms with van der Waals surface area (Å²) in [6.07, 6.45) is 1.25. The maximum absolute atomic E-state index is 13.4. The molecule has 5 rings (SSSR count). The van der Waals surface area contributed by atoms with Crippen LogP contribution in [0.5, 0.6) is 11.5 Å². The van der Waals surface area contributed by atoms with Crippen LogP contribution in [0.15, 0.2) is 42.5 Å². The molecule has 0 bridgehead atoms. The van der Waals surface area contributed by atoms with Gasteiger partial charge in [-0.1, -0.05) is 24.0 Å². The molecule has 0 unspecified atom stereocenters. The third kappa shape index (κ3) is 4.37. The molecule has 7 nitrogen and oxygen atoms in total. The Balaban J connectivity index is 1.37. The number of fused-ring (bicyclic) bond motifs is 2. The zero-order chi connectivity index (χ0) is 23.7. The molecule has 2 N–H and O–H groups in total. The Morgan fingerprint density at radius 3 is 2.65 bits per heavy atom. The fourth-order valence-corrected chi connectivity index (χ4v) is 5.31. The summed E-state index contributed by atoms with van der Waals surface area (Å²) in [6.45, 7) is 4.15. The summed E-state index contributed by atoms with van der Waals surface area (Å²) >= 11 is 0. The van der Waals surface area contributed by atoms with Crippen molar-refractivity contribution in [3.05, 3.63) is 59.2 Å². The van der Waals surface area contributed by atoms with E-state index >= 15 is 0 Å². The van der Waals surface area contributed by atoms with E-state index in [0.29, 0.717) is 30.2 Å². The van der Waals surface area contributed by atoms with Gasteiger partial charge in [0.1, 0.15) is 6.10 Å². The van der Waals surface area contributed by atoms with Crippen LogP contribution in [0.25, 0.3) is 0 Å². The van der Waals surface area contributed by atoms with Crippen molar-refractivity contribution < 1.29 is 24.5 Å². The van der Waals surface area contributed by atoms with Crippen molar-refractivity contribution in [2.24, 2.45) is 0 Å². The SMILES string of the molecule is C[C@H](O)C#Cc1ccc([C@@H]2[C@@H](CO)N3CCCCN(C(=O)c4ccc5c(c4)OCO5)C[C@@H]23)cc1. The number of amides is 1. The van der Waals surface area contributed by atoms with Crippen molar-refractivity contribution >= 4 is 5.91 Å². The van der Waals surface area contributed by atoms with Gasteiger partial charge in [0, 0.05) is 42.2 Å². The first-order valence-corrected chi connectivity index (χ1v) is 11.9. The molecule has 2 aromatic carbocycles. The van der Waals surface area contributed by atoms with E-state index in [9.17, 15) is 15.0 Å². The van der Waals surface area contributed by atoms with Crippen molar-refractivity contribution in [2.75, 3.05) is 33.0 Å². The molecule has 0 aromatic heterocycles. The molecule has 0 radical (unpaired) electrons. The molecule has 3 aliphatic rings. The van der Waals surface area contributed by atoms with Crippen LogP contribution in [0.1, 0.15) is 47.2 Å². The van der Waals surface area contributed by atoms with Crippen LogP contribution in [-0.4, -0.2) is 77.1 Å². The first kappa shape index (κ1) is 22.7. The number of hydrogen-bond donors (Lipinski definition) is 2. The molecule has 2 aromatic rings. The Kier molecular flexibility index (Phi) is 6.46. The zero-order valence-corrected chi connectivity index (χ0v) is 19.3. The molecule has 7 heteroatoms. The van der Waals surface area contributed by atoms with E-state index in [1.54, 1.807) is 25.1 Å². The second kappa shape index (κ2) is 9.67. The highest BCUT2D eigenvalue weighted by Gasteiger charge is 2.49. The van der Waals surface area contributed by atoms with Crippen molar-refractivity contribution in [1.82, 2.24) is 9.80 Å². The van der Waals surface area contributed by atoms with E-state index in [0.717, 1.165) is 30.5 Å². The summed E-state index contributed by atoms with van der Waals surface area (Å²) in [5.74, 6) is 7.15. The predicted molar refractivity (Wildman–Crippen MR) is 127 cm³/mol. The number of ether oxygens (including phenoxy) is 2. The van der Waals surface area contributed by atoms with E-state index in [4.69, 9.17) is 9.47 Å². The normalized spacial score (nSPS) is 24.7. The number of aliphatic hydroxyl groups is 2. The zero-order valence-electron chi connectivity index (χ0n) is 19.3. The van der Waals surface area contributed by atoms with Gasteiger partial charge in [0.15, 0.2) is 11.5 Å². The maximum Gasteiger partial charge on any atom is 0.254 e. The average molecular weight is 463 g/mol. The minimum absolute atomic E-state index is 0.00454. The lowest BCUT2D eigenvalue weighted by Gasteiger charge is -2.57. The highest BCUT2D eigenvalue weighted by Crippen LogP contribution is 2.42. The van der Waals surface area contributed by atoms with Gasteiger partial charge in [0.25, 0.3) is 5.91 Å². The van der Waals surface area contributed by atoms with Crippen molar-refractivity contribution in [3.63, 3.8) is 0 Å². The van der Waals surface area contributed by atoms with Crippen LogP contribution >= 0.6 is 0 Å².